The monoisotopic (exact) mass is 464 g/mol. The highest BCUT2D eigenvalue weighted by atomic mass is 16.6. The van der Waals surface area contributed by atoms with E-state index in [1.165, 1.54) is 25.2 Å². The minimum Gasteiger partial charge on any atom is -0.494 e. The Hall–Kier alpha value is -5.12. The summed E-state index contributed by atoms with van der Waals surface area (Å²) >= 11 is 0. The van der Waals surface area contributed by atoms with Crippen molar-refractivity contribution in [1.29, 1.82) is 5.41 Å². The second-order valence-electron chi connectivity index (χ2n) is 8.71. The molecule has 0 bridgehead atoms. The number of benzene rings is 5. The van der Waals surface area contributed by atoms with Crippen LogP contribution in [0.4, 0.5) is 5.69 Å². The quantitative estimate of drug-likeness (QED) is 0.147. The van der Waals surface area contributed by atoms with E-state index in [-0.39, 0.29) is 38.2 Å². The fourth-order valence-corrected chi connectivity index (χ4v) is 5.65. The highest BCUT2D eigenvalue weighted by molar-refractivity contribution is 6.39. The summed E-state index contributed by atoms with van der Waals surface area (Å²) in [5.41, 5.74) is -1.52. The van der Waals surface area contributed by atoms with Crippen molar-refractivity contribution in [2.75, 3.05) is 0 Å². The number of hydrogen-bond donors (Lipinski definition) is 3. The van der Waals surface area contributed by atoms with Gasteiger partial charge in [0.2, 0.25) is 5.88 Å². The van der Waals surface area contributed by atoms with Gasteiger partial charge in [-0.15, -0.1) is 0 Å². The van der Waals surface area contributed by atoms with Gasteiger partial charge in [0.1, 0.15) is 0 Å². The van der Waals surface area contributed by atoms with Gasteiger partial charge in [0.15, 0.2) is 0 Å². The molecule has 7 rings (SSSR count). The highest BCUT2D eigenvalue weighted by Gasteiger charge is 2.29. The van der Waals surface area contributed by atoms with E-state index < -0.39 is 27.5 Å². The van der Waals surface area contributed by atoms with Crippen LogP contribution in [-0.4, -0.2) is 19.6 Å². The molecule has 0 fully saturated rings. The Morgan fingerprint density at radius 3 is 2.23 bits per heavy atom. The molecule has 0 amide bonds. The summed E-state index contributed by atoms with van der Waals surface area (Å²) < 4.78 is 1.03. The third-order valence-corrected chi connectivity index (χ3v) is 7.09. The van der Waals surface area contributed by atoms with Gasteiger partial charge in [-0.3, -0.25) is 34.0 Å². The Labute approximate surface area is 191 Å². The SMILES string of the molecule is Cn1c(O)c2cc([N+](=O)[O-])c3c4ccc5c6c4c(c(=N)cc-6c(=O)[nH]c5=O)c4ccc(c1=O)c2c43. The van der Waals surface area contributed by atoms with E-state index in [1.807, 2.05) is 0 Å². The summed E-state index contributed by atoms with van der Waals surface area (Å²) in [4.78, 5) is 52.1. The largest absolute Gasteiger partial charge is 0.494 e. The number of nitrogens with zero attached hydrogens (tertiary/aromatic N) is 2. The maximum absolute atomic E-state index is 13.0. The molecule has 10 heteroatoms. The number of rotatable bonds is 1. The number of nitro groups is 1. The Kier molecular flexibility index (Phi) is 3.24. The van der Waals surface area contributed by atoms with E-state index >= 15 is 0 Å². The van der Waals surface area contributed by atoms with E-state index in [0.717, 1.165) is 4.57 Å². The van der Waals surface area contributed by atoms with Crippen molar-refractivity contribution in [1.82, 2.24) is 9.55 Å². The lowest BCUT2D eigenvalue weighted by Gasteiger charge is -2.20. The third-order valence-electron chi connectivity index (χ3n) is 7.09. The van der Waals surface area contributed by atoms with E-state index in [0.29, 0.717) is 37.9 Å². The minimum atomic E-state index is -0.640. The average Bonchev–Trinajstić information content (AvgIpc) is 2.83. The molecule has 5 aromatic rings. The molecule has 0 saturated heterocycles. The predicted octanol–water partition coefficient (Wildman–Crippen LogP) is 2.71. The van der Waals surface area contributed by atoms with Crippen LogP contribution in [0.3, 0.4) is 0 Å². The molecule has 1 aromatic heterocycles. The number of aromatic hydroxyl groups is 1. The molecule has 0 atom stereocenters. The number of nitro benzene ring substituents is 1. The Bertz CT molecular complexity index is 2300. The van der Waals surface area contributed by atoms with Crippen LogP contribution in [0.2, 0.25) is 0 Å². The lowest BCUT2D eigenvalue weighted by Crippen LogP contribution is -2.24. The second-order valence-corrected chi connectivity index (χ2v) is 8.71. The molecular weight excluding hydrogens is 452 g/mol. The van der Waals surface area contributed by atoms with Crippen molar-refractivity contribution in [2.24, 2.45) is 7.05 Å². The van der Waals surface area contributed by atoms with Gasteiger partial charge in [0.25, 0.3) is 22.4 Å². The molecule has 168 valence electrons. The number of pyridine rings is 2. The molecule has 0 saturated carbocycles. The lowest BCUT2D eigenvalue weighted by molar-refractivity contribution is -0.382. The zero-order valence-electron chi connectivity index (χ0n) is 17.8. The highest BCUT2D eigenvalue weighted by Crippen LogP contribution is 2.48. The van der Waals surface area contributed by atoms with Crippen molar-refractivity contribution < 1.29 is 10.0 Å². The summed E-state index contributed by atoms with van der Waals surface area (Å²) in [7, 11) is 1.38. The Morgan fingerprint density at radius 1 is 0.857 bits per heavy atom. The van der Waals surface area contributed by atoms with Gasteiger partial charge in [-0.2, -0.15) is 0 Å². The van der Waals surface area contributed by atoms with E-state index in [9.17, 15) is 29.6 Å². The molecule has 2 aliphatic rings. The number of aromatic nitrogens is 2. The molecule has 0 radical (unpaired) electrons. The summed E-state index contributed by atoms with van der Waals surface area (Å²) in [6.07, 6.45) is 0. The summed E-state index contributed by atoms with van der Waals surface area (Å²) in [6, 6.07) is 8.88. The van der Waals surface area contributed by atoms with Crippen LogP contribution in [0.25, 0.3) is 65.0 Å². The number of hydrogen-bond acceptors (Lipinski definition) is 7. The third kappa shape index (κ3) is 2.05. The van der Waals surface area contributed by atoms with Crippen LogP contribution in [0.15, 0.2) is 50.8 Å². The summed E-state index contributed by atoms with van der Waals surface area (Å²) in [5, 5.41) is 35.0. The number of fused-ring (bicyclic) bond motifs is 2. The van der Waals surface area contributed by atoms with Gasteiger partial charge in [-0.1, -0.05) is 12.1 Å². The van der Waals surface area contributed by atoms with Crippen molar-refractivity contribution in [3.8, 4) is 17.0 Å². The van der Waals surface area contributed by atoms with Gasteiger partial charge >= 0.3 is 0 Å². The summed E-state index contributed by atoms with van der Waals surface area (Å²) in [5.74, 6) is -0.404. The van der Waals surface area contributed by atoms with Crippen molar-refractivity contribution in [3.05, 3.63) is 82.9 Å². The molecule has 1 aliphatic heterocycles. The van der Waals surface area contributed by atoms with Gasteiger partial charge < -0.3 is 10.5 Å². The van der Waals surface area contributed by atoms with Crippen LogP contribution >= 0.6 is 0 Å². The van der Waals surface area contributed by atoms with Crippen LogP contribution in [0.1, 0.15) is 0 Å². The topological polar surface area (TPSA) is 159 Å². The smallest absolute Gasteiger partial charge is 0.278 e. The first-order chi connectivity index (χ1) is 16.7. The maximum atomic E-state index is 13.0. The van der Waals surface area contributed by atoms with Crippen molar-refractivity contribution in [2.45, 2.75) is 0 Å². The molecule has 35 heavy (non-hydrogen) atoms. The first-order valence-corrected chi connectivity index (χ1v) is 10.5. The molecule has 2 heterocycles. The molecule has 10 nitrogen and oxygen atoms in total. The predicted molar refractivity (Wildman–Crippen MR) is 130 cm³/mol. The van der Waals surface area contributed by atoms with Crippen LogP contribution in [0.5, 0.6) is 5.88 Å². The molecule has 3 N–H and O–H groups in total. The Balaban J connectivity index is 1.98. The molecule has 1 aliphatic carbocycles. The van der Waals surface area contributed by atoms with E-state index in [2.05, 4.69) is 4.98 Å². The average molecular weight is 464 g/mol. The summed E-state index contributed by atoms with van der Waals surface area (Å²) in [6.45, 7) is 0. The van der Waals surface area contributed by atoms with Crippen molar-refractivity contribution >= 4 is 59.5 Å². The van der Waals surface area contributed by atoms with Gasteiger partial charge in [-0.05, 0) is 29.0 Å². The maximum Gasteiger partial charge on any atom is 0.278 e. The van der Waals surface area contributed by atoms with Gasteiger partial charge in [-0.25, -0.2) is 0 Å². The Morgan fingerprint density at radius 2 is 1.51 bits per heavy atom. The molecule has 0 spiro atoms. The first kappa shape index (κ1) is 19.4. The van der Waals surface area contributed by atoms with Gasteiger partial charge in [0, 0.05) is 51.0 Å². The number of nitrogens with one attached hydrogen (secondary N) is 2. The number of H-pyrrole nitrogens is 1. The van der Waals surface area contributed by atoms with Crippen LogP contribution in [0, 0.1) is 15.5 Å². The van der Waals surface area contributed by atoms with E-state index in [4.69, 9.17) is 5.41 Å². The minimum absolute atomic E-state index is 0.00291. The normalized spacial score (nSPS) is 12.4. The standard InChI is InChI=1S/C25H12N4O6/c1-28-24(32)11-5-3-8-18-14(26)6-12-16-10(22(30)27-23(12)31)4-2-9(20(16)18)19-15(29(34)35)7-13(25(28)33)17(11)21(8)19/h2-7,26,33H,1H3,(H,27,30,31). The molecule has 0 unspecified atom stereocenters. The second kappa shape index (κ2) is 5.86. The zero-order valence-corrected chi connectivity index (χ0v) is 17.8. The first-order valence-electron chi connectivity index (χ1n) is 10.5. The fourth-order valence-electron chi connectivity index (χ4n) is 5.65. The number of non-ortho nitro benzene ring substituents is 1. The molecule has 4 aromatic carbocycles. The number of aromatic amines is 1. The van der Waals surface area contributed by atoms with Crippen molar-refractivity contribution in [3.63, 3.8) is 0 Å². The van der Waals surface area contributed by atoms with Gasteiger partial charge in [0.05, 0.1) is 26.6 Å². The molecular formula is C25H12N4O6. The fraction of sp³-hybridized carbons (Fsp3) is 0.0400. The zero-order chi connectivity index (χ0) is 24.5. The van der Waals surface area contributed by atoms with E-state index in [1.54, 1.807) is 18.2 Å². The lowest BCUT2D eigenvalue weighted by atomic mass is 9.83. The van der Waals surface area contributed by atoms with Crippen LogP contribution < -0.4 is 22.0 Å². The van der Waals surface area contributed by atoms with Crippen LogP contribution in [-0.2, 0) is 7.05 Å².